The fraction of sp³-hybridized carbons (Fsp3) is 0.500. The molecule has 0 saturated heterocycles. The van der Waals surface area contributed by atoms with E-state index in [9.17, 15) is 26.4 Å². The van der Waals surface area contributed by atoms with Gasteiger partial charge in [0, 0.05) is 18.1 Å². The van der Waals surface area contributed by atoms with Crippen LogP contribution >= 0.6 is 0 Å². The summed E-state index contributed by atoms with van der Waals surface area (Å²) in [7, 11) is -5.50. The number of aryl methyl sites for hydroxylation is 4. The van der Waals surface area contributed by atoms with Gasteiger partial charge in [-0.05, 0) is 72.9 Å². The van der Waals surface area contributed by atoms with Crippen LogP contribution in [0.3, 0.4) is 0 Å². The molecule has 0 aromatic heterocycles. The number of hydrogen-bond donors (Lipinski definition) is 2. The predicted molar refractivity (Wildman–Crippen MR) is 167 cm³/mol. The summed E-state index contributed by atoms with van der Waals surface area (Å²) in [5.74, 6) is -1.46. The highest BCUT2D eigenvalue weighted by Crippen LogP contribution is 2.26. The normalized spacial score (nSPS) is 11.3. The number of nitrogens with zero attached hydrogens (tertiary/aromatic N) is 1. The van der Waals surface area contributed by atoms with E-state index in [-0.39, 0.29) is 21.3 Å². The fourth-order valence-corrected chi connectivity index (χ4v) is 6.37. The minimum atomic E-state index is -3.44. The molecule has 2 aromatic carbocycles. The van der Waals surface area contributed by atoms with Gasteiger partial charge < -0.3 is 16.2 Å². The Bertz CT molecular complexity index is 1510. The second-order valence-electron chi connectivity index (χ2n) is 10.0. The first-order chi connectivity index (χ1) is 19.5. The Labute approximate surface area is 250 Å². The minimum Gasteiger partial charge on any atom is -0.465 e. The number of rotatable bonds is 12. The van der Waals surface area contributed by atoms with Crippen molar-refractivity contribution >= 4 is 37.5 Å². The molecule has 2 rings (SSSR count). The summed E-state index contributed by atoms with van der Waals surface area (Å²) in [6, 6.07) is 6.47. The zero-order valence-electron chi connectivity index (χ0n) is 25.7. The molecule has 0 aliphatic heterocycles. The number of carbonyl (C=O) groups excluding carboxylic acids is 2. The topological polar surface area (TPSA) is 176 Å². The third kappa shape index (κ3) is 10.5. The quantitative estimate of drug-likeness (QED) is 0.199. The molecule has 12 heteroatoms. The molecule has 42 heavy (non-hydrogen) atoms. The third-order valence-corrected chi connectivity index (χ3v) is 8.96. The molecule has 0 heterocycles. The molecule has 0 saturated carbocycles. The summed E-state index contributed by atoms with van der Waals surface area (Å²) < 4.78 is 52.6. The van der Waals surface area contributed by atoms with Crippen molar-refractivity contribution in [2.24, 2.45) is 16.5 Å². The fourth-order valence-electron chi connectivity index (χ4n) is 4.43. The molecule has 0 bridgehead atoms. The lowest BCUT2D eigenvalue weighted by molar-refractivity contribution is 0.0599. The number of sulfone groups is 2. The van der Waals surface area contributed by atoms with E-state index in [2.05, 4.69) is 11.9 Å². The van der Waals surface area contributed by atoms with Crippen LogP contribution < -0.4 is 11.5 Å². The number of aliphatic imine (C=N–C) groups is 1. The number of amides is 1. The number of guanidine groups is 1. The number of carbonyl (C=O) groups is 2. The molecular weight excluding hydrogens is 578 g/mol. The van der Waals surface area contributed by atoms with Crippen LogP contribution in [0.15, 0.2) is 39.0 Å². The number of methoxy groups -OCH3 is 1. The molecular formula is C30H45N3O7S2. The number of hydrogen-bond acceptors (Lipinski definition) is 7. The standard InChI is InChI=1S/C15H23N3O3S.C15H22O4S/c1-4-6-7-11-8-10(5-2)12(14(19)18-15(16)17)9-13(11)22(3,20)21;1-5-7-8-12-9-11(6-2)13(15(16)19-3)10-14(12)20(4,17)18/h8-9H,4-7H2,1-3H3,(H4,16,17,18,19);9-10H,5-8H2,1-4H3. The van der Waals surface area contributed by atoms with E-state index >= 15 is 0 Å². The van der Waals surface area contributed by atoms with Gasteiger partial charge in [-0.15, -0.1) is 0 Å². The van der Waals surface area contributed by atoms with Gasteiger partial charge in [0.1, 0.15) is 0 Å². The lowest BCUT2D eigenvalue weighted by atomic mass is 9.98. The van der Waals surface area contributed by atoms with Gasteiger partial charge in [0.2, 0.25) is 0 Å². The lowest BCUT2D eigenvalue weighted by Gasteiger charge is -2.13. The predicted octanol–water partition coefficient (Wildman–Crippen LogP) is 4.19. The van der Waals surface area contributed by atoms with Gasteiger partial charge >= 0.3 is 5.97 Å². The smallest absolute Gasteiger partial charge is 0.338 e. The average Bonchev–Trinajstić information content (AvgIpc) is 2.92. The highest BCUT2D eigenvalue weighted by molar-refractivity contribution is 7.91. The molecule has 0 spiro atoms. The molecule has 4 N–H and O–H groups in total. The van der Waals surface area contributed by atoms with Gasteiger partial charge in [-0.3, -0.25) is 4.79 Å². The zero-order chi connectivity index (χ0) is 32.3. The van der Waals surface area contributed by atoms with Crippen LogP contribution in [0, 0.1) is 0 Å². The second kappa shape index (κ2) is 16.4. The molecule has 0 aliphatic rings. The van der Waals surface area contributed by atoms with Gasteiger partial charge in [0.15, 0.2) is 25.6 Å². The van der Waals surface area contributed by atoms with Gasteiger partial charge in [0.25, 0.3) is 5.91 Å². The number of benzene rings is 2. The van der Waals surface area contributed by atoms with Crippen molar-refractivity contribution in [3.8, 4) is 0 Å². The molecule has 0 atom stereocenters. The molecule has 0 unspecified atom stereocenters. The molecule has 0 radical (unpaired) electrons. The summed E-state index contributed by atoms with van der Waals surface area (Å²) in [6.07, 6.45) is 8.66. The maximum atomic E-state index is 12.1. The largest absolute Gasteiger partial charge is 0.465 e. The number of nitrogens with two attached hydrogens (primary N) is 2. The Hall–Kier alpha value is -3.25. The Balaban J connectivity index is 0.000000422. The second-order valence-corrected chi connectivity index (χ2v) is 14.0. The molecule has 10 nitrogen and oxygen atoms in total. The minimum absolute atomic E-state index is 0.173. The summed E-state index contributed by atoms with van der Waals surface area (Å²) in [4.78, 5) is 27.8. The summed E-state index contributed by atoms with van der Waals surface area (Å²) in [5, 5.41) is 0. The Morgan fingerprint density at radius 3 is 1.45 bits per heavy atom. The first-order valence-electron chi connectivity index (χ1n) is 14.0. The number of esters is 1. The molecule has 1 amide bonds. The highest BCUT2D eigenvalue weighted by atomic mass is 32.2. The van der Waals surface area contributed by atoms with Crippen LogP contribution in [-0.4, -0.2) is 54.3 Å². The van der Waals surface area contributed by atoms with Crippen molar-refractivity contribution in [1.29, 1.82) is 0 Å². The highest BCUT2D eigenvalue weighted by Gasteiger charge is 2.21. The SMILES string of the molecule is CCCCc1cc(CC)c(C(=O)N=C(N)N)cc1S(C)(=O)=O.CCCCc1cc(CC)c(C(=O)OC)cc1S(C)(=O)=O. The zero-order valence-corrected chi connectivity index (χ0v) is 27.4. The first kappa shape index (κ1) is 36.8. The monoisotopic (exact) mass is 623 g/mol. The van der Waals surface area contributed by atoms with E-state index in [4.69, 9.17) is 16.2 Å². The van der Waals surface area contributed by atoms with E-state index < -0.39 is 31.6 Å². The Morgan fingerprint density at radius 1 is 0.714 bits per heavy atom. The molecule has 234 valence electrons. The van der Waals surface area contributed by atoms with Crippen molar-refractivity contribution < 1.29 is 31.2 Å². The average molecular weight is 624 g/mol. The van der Waals surface area contributed by atoms with Gasteiger partial charge in [-0.25, -0.2) is 21.6 Å². The van der Waals surface area contributed by atoms with E-state index in [1.54, 1.807) is 6.07 Å². The summed E-state index contributed by atoms with van der Waals surface area (Å²) in [6.45, 7) is 7.93. The van der Waals surface area contributed by atoms with Crippen LogP contribution in [0.25, 0.3) is 0 Å². The number of unbranched alkanes of at least 4 members (excludes halogenated alkanes) is 2. The van der Waals surface area contributed by atoms with E-state index in [1.807, 2.05) is 26.8 Å². The van der Waals surface area contributed by atoms with Gasteiger partial charge in [-0.1, -0.05) is 52.7 Å². The van der Waals surface area contributed by atoms with Crippen molar-refractivity contribution in [2.75, 3.05) is 19.6 Å². The van der Waals surface area contributed by atoms with E-state index in [0.717, 1.165) is 54.2 Å². The van der Waals surface area contributed by atoms with Crippen molar-refractivity contribution in [3.63, 3.8) is 0 Å². The van der Waals surface area contributed by atoms with Crippen LogP contribution in [0.5, 0.6) is 0 Å². The molecule has 0 aliphatic carbocycles. The van der Waals surface area contributed by atoms with Crippen LogP contribution in [0.1, 0.15) is 96.3 Å². The van der Waals surface area contributed by atoms with Crippen molar-refractivity contribution in [2.45, 2.75) is 88.9 Å². The van der Waals surface area contributed by atoms with Crippen LogP contribution in [0.2, 0.25) is 0 Å². The molecule has 0 fully saturated rings. The summed E-state index contributed by atoms with van der Waals surface area (Å²) >= 11 is 0. The van der Waals surface area contributed by atoms with Crippen molar-refractivity contribution in [3.05, 3.63) is 57.6 Å². The van der Waals surface area contributed by atoms with Crippen molar-refractivity contribution in [1.82, 2.24) is 0 Å². The molecule has 2 aromatic rings. The van der Waals surface area contributed by atoms with Crippen LogP contribution in [0.4, 0.5) is 0 Å². The Morgan fingerprint density at radius 2 is 1.12 bits per heavy atom. The van der Waals surface area contributed by atoms with E-state index in [1.165, 1.54) is 25.5 Å². The summed E-state index contributed by atoms with van der Waals surface area (Å²) in [5.41, 5.74) is 14.1. The van der Waals surface area contributed by atoms with Gasteiger partial charge in [0.05, 0.1) is 22.5 Å². The maximum absolute atomic E-state index is 12.1. The van der Waals surface area contributed by atoms with E-state index in [0.29, 0.717) is 31.2 Å². The maximum Gasteiger partial charge on any atom is 0.338 e. The van der Waals surface area contributed by atoms with Gasteiger partial charge in [-0.2, -0.15) is 4.99 Å². The lowest BCUT2D eigenvalue weighted by Crippen LogP contribution is -2.24. The third-order valence-electron chi connectivity index (χ3n) is 6.60. The number of ether oxygens (including phenoxy) is 1. The van der Waals surface area contributed by atoms with Crippen LogP contribution in [-0.2, 0) is 50.1 Å². The first-order valence-corrected chi connectivity index (χ1v) is 17.8. The Kier molecular flexibility index (Phi) is 14.4.